The Hall–Kier alpha value is -2.21. The summed E-state index contributed by atoms with van der Waals surface area (Å²) in [4.78, 5) is 2.30. The second kappa shape index (κ2) is 6.70. The van der Waals surface area contributed by atoms with Crippen LogP contribution in [-0.4, -0.2) is 36.4 Å². The average molecular weight is 301 g/mol. The molecule has 6 heteroatoms. The molecule has 2 N–H and O–H groups in total. The predicted molar refractivity (Wildman–Crippen MR) is 85.4 cm³/mol. The van der Waals surface area contributed by atoms with Crippen LogP contribution in [0, 0.1) is 5.82 Å². The van der Waals surface area contributed by atoms with Gasteiger partial charge in [-0.05, 0) is 31.2 Å². The minimum Gasteiger partial charge on any atom is -0.369 e. The lowest BCUT2D eigenvalue weighted by Crippen LogP contribution is -2.29. The molecule has 0 amide bonds. The Kier molecular flexibility index (Phi) is 4.48. The topological polar surface area (TPSA) is 53.1 Å². The first-order valence-corrected chi connectivity index (χ1v) is 7.48. The van der Waals surface area contributed by atoms with Crippen molar-refractivity contribution in [2.24, 2.45) is 0 Å². The quantitative estimate of drug-likeness (QED) is 0.885. The van der Waals surface area contributed by atoms with Gasteiger partial charge in [0.05, 0.1) is 11.9 Å². The first-order chi connectivity index (χ1) is 10.7. The van der Waals surface area contributed by atoms with Crippen LogP contribution in [0.4, 0.5) is 15.9 Å². The van der Waals surface area contributed by atoms with Gasteiger partial charge in [0.15, 0.2) is 5.82 Å². The molecule has 1 atom stereocenters. The van der Waals surface area contributed by atoms with Gasteiger partial charge in [-0.1, -0.05) is 12.1 Å². The molecule has 1 aliphatic heterocycles. The molecule has 1 fully saturated rings. The highest BCUT2D eigenvalue weighted by molar-refractivity contribution is 5.53. The molecule has 5 nitrogen and oxygen atoms in total. The molecule has 1 aliphatic rings. The molecule has 0 saturated carbocycles. The molecule has 0 unspecified atom stereocenters. The first-order valence-electron chi connectivity index (χ1n) is 7.48. The number of likely N-dealkylation sites (N-methyl/N-ethyl adjacent to an activating group) is 1. The van der Waals surface area contributed by atoms with Crippen molar-refractivity contribution in [3.05, 3.63) is 47.9 Å². The molecule has 0 radical (unpaired) electrons. The second-order valence-electron chi connectivity index (χ2n) is 5.50. The van der Waals surface area contributed by atoms with Gasteiger partial charge < -0.3 is 15.5 Å². The molecule has 1 aromatic heterocycles. The van der Waals surface area contributed by atoms with Crippen LogP contribution in [0.5, 0.6) is 0 Å². The maximum Gasteiger partial charge on any atom is 0.150 e. The number of halogens is 1. The highest BCUT2D eigenvalue weighted by atomic mass is 19.1. The van der Waals surface area contributed by atoms with Crippen LogP contribution < -0.4 is 15.5 Å². The van der Waals surface area contributed by atoms with E-state index in [1.54, 1.807) is 18.3 Å². The fourth-order valence-corrected chi connectivity index (χ4v) is 2.64. The molecule has 1 aromatic carbocycles. The molecule has 0 aliphatic carbocycles. The number of nitrogens with zero attached hydrogens (tertiary/aromatic N) is 3. The van der Waals surface area contributed by atoms with Crippen LogP contribution in [0.15, 0.2) is 36.5 Å². The number of hydrogen-bond acceptors (Lipinski definition) is 5. The monoisotopic (exact) mass is 301 g/mol. The van der Waals surface area contributed by atoms with Crippen LogP contribution >= 0.6 is 0 Å². The number of aromatic nitrogens is 2. The van der Waals surface area contributed by atoms with Crippen molar-refractivity contribution in [1.82, 2.24) is 15.5 Å². The third-order valence-electron chi connectivity index (χ3n) is 3.99. The number of hydrogen-bond donors (Lipinski definition) is 2. The van der Waals surface area contributed by atoms with Crippen molar-refractivity contribution in [3.63, 3.8) is 0 Å². The Morgan fingerprint density at radius 3 is 2.86 bits per heavy atom. The SMILES string of the molecule is CN[C@@H]1CCN(c2cnnc(NCc3ccc(F)cc3)c2)C1. The van der Waals surface area contributed by atoms with Crippen LogP contribution in [0.2, 0.25) is 0 Å². The first kappa shape index (κ1) is 14.7. The van der Waals surface area contributed by atoms with E-state index in [0.29, 0.717) is 12.6 Å². The maximum atomic E-state index is 12.9. The summed E-state index contributed by atoms with van der Waals surface area (Å²) >= 11 is 0. The molecule has 2 heterocycles. The summed E-state index contributed by atoms with van der Waals surface area (Å²) in [6.07, 6.45) is 2.93. The zero-order valence-electron chi connectivity index (χ0n) is 12.6. The van der Waals surface area contributed by atoms with Gasteiger partial charge in [0.25, 0.3) is 0 Å². The lowest BCUT2D eigenvalue weighted by molar-refractivity contribution is 0.617. The summed E-state index contributed by atoms with van der Waals surface area (Å²) in [6.45, 7) is 2.60. The lowest BCUT2D eigenvalue weighted by atomic mass is 10.2. The van der Waals surface area contributed by atoms with Gasteiger partial charge >= 0.3 is 0 Å². The Balaban J connectivity index is 1.63. The number of benzene rings is 1. The van der Waals surface area contributed by atoms with E-state index in [9.17, 15) is 4.39 Å². The number of nitrogens with one attached hydrogen (secondary N) is 2. The number of rotatable bonds is 5. The molecule has 22 heavy (non-hydrogen) atoms. The molecule has 116 valence electrons. The lowest BCUT2D eigenvalue weighted by Gasteiger charge is -2.18. The fraction of sp³-hybridized carbons (Fsp3) is 0.375. The van der Waals surface area contributed by atoms with E-state index in [2.05, 4.69) is 25.7 Å². The highest BCUT2D eigenvalue weighted by Gasteiger charge is 2.21. The molecule has 3 rings (SSSR count). The Bertz CT molecular complexity index is 616. The summed E-state index contributed by atoms with van der Waals surface area (Å²) in [5.41, 5.74) is 2.08. The average Bonchev–Trinajstić information content (AvgIpc) is 3.04. The van der Waals surface area contributed by atoms with Crippen LogP contribution in [0.25, 0.3) is 0 Å². The Morgan fingerprint density at radius 2 is 2.14 bits per heavy atom. The van der Waals surface area contributed by atoms with Crippen molar-refractivity contribution >= 4 is 11.5 Å². The van der Waals surface area contributed by atoms with Gasteiger partial charge in [-0.25, -0.2) is 4.39 Å². The highest BCUT2D eigenvalue weighted by Crippen LogP contribution is 2.21. The van der Waals surface area contributed by atoms with E-state index in [4.69, 9.17) is 0 Å². The van der Waals surface area contributed by atoms with E-state index in [0.717, 1.165) is 36.6 Å². The van der Waals surface area contributed by atoms with Crippen LogP contribution in [-0.2, 0) is 6.54 Å². The summed E-state index contributed by atoms with van der Waals surface area (Å²) in [6, 6.07) is 8.98. The van der Waals surface area contributed by atoms with Crippen molar-refractivity contribution in [2.75, 3.05) is 30.4 Å². The van der Waals surface area contributed by atoms with E-state index in [1.165, 1.54) is 12.1 Å². The van der Waals surface area contributed by atoms with Crippen molar-refractivity contribution in [2.45, 2.75) is 19.0 Å². The van der Waals surface area contributed by atoms with Gasteiger partial charge in [0, 0.05) is 31.7 Å². The third kappa shape index (κ3) is 3.51. The minimum atomic E-state index is -0.223. The Labute approximate surface area is 129 Å². The summed E-state index contributed by atoms with van der Waals surface area (Å²) in [5.74, 6) is 0.508. The van der Waals surface area contributed by atoms with E-state index < -0.39 is 0 Å². The van der Waals surface area contributed by atoms with Gasteiger partial charge in [0.2, 0.25) is 0 Å². The standard InChI is InChI=1S/C16H20FN5/c1-18-14-6-7-22(11-14)15-8-16(21-20-10-15)19-9-12-2-4-13(17)5-3-12/h2-5,8,10,14,18H,6-7,9,11H2,1H3,(H,19,21)/t14-/m1/s1. The second-order valence-corrected chi connectivity index (χ2v) is 5.50. The number of anilines is 2. The summed E-state index contributed by atoms with van der Waals surface area (Å²) < 4.78 is 12.9. The zero-order valence-corrected chi connectivity index (χ0v) is 12.6. The van der Waals surface area contributed by atoms with E-state index in [-0.39, 0.29) is 5.82 Å². The van der Waals surface area contributed by atoms with Crippen LogP contribution in [0.1, 0.15) is 12.0 Å². The largest absolute Gasteiger partial charge is 0.369 e. The zero-order chi connectivity index (χ0) is 15.4. The molecule has 0 spiro atoms. The Morgan fingerprint density at radius 1 is 1.32 bits per heavy atom. The van der Waals surface area contributed by atoms with Gasteiger partial charge in [-0.15, -0.1) is 5.10 Å². The van der Waals surface area contributed by atoms with E-state index in [1.807, 2.05) is 13.1 Å². The van der Waals surface area contributed by atoms with Crippen molar-refractivity contribution in [1.29, 1.82) is 0 Å². The molecule has 2 aromatic rings. The maximum absolute atomic E-state index is 12.9. The van der Waals surface area contributed by atoms with Gasteiger partial charge in [0.1, 0.15) is 5.82 Å². The molecular formula is C16H20FN5. The predicted octanol–water partition coefficient (Wildman–Crippen LogP) is 2.03. The summed E-state index contributed by atoms with van der Waals surface area (Å²) in [5, 5.41) is 14.7. The van der Waals surface area contributed by atoms with E-state index >= 15 is 0 Å². The van der Waals surface area contributed by atoms with Crippen molar-refractivity contribution < 1.29 is 4.39 Å². The van der Waals surface area contributed by atoms with Gasteiger partial charge in [-0.3, -0.25) is 0 Å². The molecule has 0 bridgehead atoms. The smallest absolute Gasteiger partial charge is 0.150 e. The minimum absolute atomic E-state index is 0.223. The third-order valence-corrected chi connectivity index (χ3v) is 3.99. The molecule has 1 saturated heterocycles. The normalized spacial score (nSPS) is 17.7. The summed E-state index contributed by atoms with van der Waals surface area (Å²) in [7, 11) is 1.99. The van der Waals surface area contributed by atoms with Gasteiger partial charge in [-0.2, -0.15) is 5.10 Å². The van der Waals surface area contributed by atoms with Crippen LogP contribution in [0.3, 0.4) is 0 Å². The fourth-order valence-electron chi connectivity index (χ4n) is 2.64. The molecular weight excluding hydrogens is 281 g/mol. The van der Waals surface area contributed by atoms with Crippen molar-refractivity contribution in [3.8, 4) is 0 Å².